The highest BCUT2D eigenvalue weighted by molar-refractivity contribution is 6.06. The molecular formula is C33H30F4N8O. The van der Waals surface area contributed by atoms with Crippen LogP contribution in [0.5, 0.6) is 0 Å². The molecule has 0 aliphatic carbocycles. The fourth-order valence-corrected chi connectivity index (χ4v) is 5.57. The second-order valence-electron chi connectivity index (χ2n) is 11.1. The molecule has 1 aliphatic rings. The zero-order chi connectivity index (χ0) is 32.6. The fraction of sp³-hybridized carbons (Fsp3) is 0.242. The van der Waals surface area contributed by atoms with Gasteiger partial charge in [0.25, 0.3) is 5.91 Å². The van der Waals surface area contributed by atoms with Gasteiger partial charge in [-0.2, -0.15) is 18.3 Å². The summed E-state index contributed by atoms with van der Waals surface area (Å²) in [5.74, 6) is 3.61. The molecule has 3 aromatic heterocycles. The van der Waals surface area contributed by atoms with Crippen molar-refractivity contribution in [3.63, 3.8) is 0 Å². The van der Waals surface area contributed by atoms with Gasteiger partial charge in [0, 0.05) is 51.2 Å². The molecule has 5 aromatic rings. The molecule has 1 aliphatic heterocycles. The number of nitrogens with zero attached hydrogens (tertiary/aromatic N) is 6. The normalized spacial score (nSPS) is 13.8. The van der Waals surface area contributed by atoms with E-state index < -0.39 is 29.2 Å². The fourth-order valence-electron chi connectivity index (χ4n) is 5.57. The molecule has 46 heavy (non-hydrogen) atoms. The van der Waals surface area contributed by atoms with Gasteiger partial charge in [-0.1, -0.05) is 24.1 Å². The van der Waals surface area contributed by atoms with E-state index in [9.17, 15) is 18.0 Å². The molecule has 2 aromatic carbocycles. The van der Waals surface area contributed by atoms with Crippen LogP contribution in [-0.4, -0.2) is 63.2 Å². The van der Waals surface area contributed by atoms with E-state index in [1.807, 2.05) is 13.1 Å². The van der Waals surface area contributed by atoms with Gasteiger partial charge >= 0.3 is 6.18 Å². The van der Waals surface area contributed by atoms with Gasteiger partial charge in [0.2, 0.25) is 0 Å². The average molecular weight is 631 g/mol. The number of rotatable bonds is 5. The maximum atomic E-state index is 16.1. The highest BCUT2D eigenvalue weighted by Crippen LogP contribution is 2.44. The highest BCUT2D eigenvalue weighted by Gasteiger charge is 2.41. The third-order valence-electron chi connectivity index (χ3n) is 7.87. The van der Waals surface area contributed by atoms with Crippen molar-refractivity contribution in [3.05, 3.63) is 101 Å². The predicted molar refractivity (Wildman–Crippen MR) is 168 cm³/mol. The van der Waals surface area contributed by atoms with Crippen molar-refractivity contribution in [2.24, 2.45) is 7.05 Å². The maximum absolute atomic E-state index is 16.1. The van der Waals surface area contributed by atoms with E-state index in [1.54, 1.807) is 63.9 Å². The number of carbonyl (C=O) groups is 1. The Kier molecular flexibility index (Phi) is 8.14. The summed E-state index contributed by atoms with van der Waals surface area (Å²) >= 11 is 0. The molecular weight excluding hydrogens is 600 g/mol. The average Bonchev–Trinajstić information content (AvgIpc) is 3.64. The smallest absolute Gasteiger partial charge is 0.368 e. The van der Waals surface area contributed by atoms with Crippen molar-refractivity contribution in [3.8, 4) is 11.8 Å². The Hall–Kier alpha value is -5.35. The van der Waals surface area contributed by atoms with E-state index >= 15 is 4.39 Å². The van der Waals surface area contributed by atoms with E-state index in [0.717, 1.165) is 5.69 Å². The first kappa shape index (κ1) is 30.7. The Morgan fingerprint density at radius 1 is 0.978 bits per heavy atom. The molecule has 9 nitrogen and oxygen atoms in total. The number of likely N-dealkylation sites (N-methyl/N-ethyl adjacent to an activating group) is 1. The monoisotopic (exact) mass is 630 g/mol. The van der Waals surface area contributed by atoms with Crippen LogP contribution in [0, 0.1) is 24.6 Å². The highest BCUT2D eigenvalue weighted by atomic mass is 19.4. The standard InChI is InChI=1S/C33H30F4N8O/c1-21-27(33(35,36)37)28(34)29(41-32(46)22-8-5-4-6-9-22)25(30(21)44-16-14-42(2)15-17-44)12-11-24-19-38-31-26(10-7-13-45(24)31)40-23-18-39-43(3)20-23/h4-10,13,18-20,40H,14-17H2,1-3H3,(H,41,46). The summed E-state index contributed by atoms with van der Waals surface area (Å²) in [7, 11) is 3.72. The number of hydrogen-bond donors (Lipinski definition) is 2. The predicted octanol–water partition coefficient (Wildman–Crippen LogP) is 5.68. The minimum absolute atomic E-state index is 0.0450. The number of benzene rings is 2. The van der Waals surface area contributed by atoms with Crippen LogP contribution < -0.4 is 15.5 Å². The number of piperazine rings is 1. The number of nitrogens with one attached hydrogen (secondary N) is 2. The van der Waals surface area contributed by atoms with Crippen LogP contribution in [0.4, 0.5) is 40.3 Å². The van der Waals surface area contributed by atoms with Crippen LogP contribution in [0.3, 0.4) is 0 Å². The molecule has 4 heterocycles. The van der Waals surface area contributed by atoms with Crippen molar-refractivity contribution >= 4 is 34.3 Å². The quantitative estimate of drug-likeness (QED) is 0.192. The first-order valence-electron chi connectivity index (χ1n) is 14.5. The van der Waals surface area contributed by atoms with E-state index in [-0.39, 0.29) is 22.4 Å². The van der Waals surface area contributed by atoms with Crippen LogP contribution in [0.15, 0.2) is 67.3 Å². The summed E-state index contributed by atoms with van der Waals surface area (Å²) in [6.45, 7) is 3.19. The van der Waals surface area contributed by atoms with Crippen LogP contribution in [0.2, 0.25) is 0 Å². The molecule has 0 bridgehead atoms. The summed E-state index contributed by atoms with van der Waals surface area (Å²) in [6, 6.07) is 11.5. The minimum atomic E-state index is -5.02. The lowest BCUT2D eigenvalue weighted by Gasteiger charge is -2.36. The van der Waals surface area contributed by atoms with Crippen molar-refractivity contribution in [2.45, 2.75) is 13.1 Å². The summed E-state index contributed by atoms with van der Waals surface area (Å²) in [4.78, 5) is 21.6. The summed E-state index contributed by atoms with van der Waals surface area (Å²) < 4.78 is 62.8. The van der Waals surface area contributed by atoms with Crippen LogP contribution in [0.25, 0.3) is 5.65 Å². The van der Waals surface area contributed by atoms with E-state index in [0.29, 0.717) is 43.2 Å². The van der Waals surface area contributed by atoms with Gasteiger partial charge in [-0.25, -0.2) is 9.37 Å². The third-order valence-corrected chi connectivity index (χ3v) is 7.87. The van der Waals surface area contributed by atoms with E-state index in [4.69, 9.17) is 0 Å². The van der Waals surface area contributed by atoms with Crippen LogP contribution in [-0.2, 0) is 13.2 Å². The number of pyridine rings is 1. The number of fused-ring (bicyclic) bond motifs is 1. The number of carbonyl (C=O) groups excluding carboxylic acids is 1. The zero-order valence-corrected chi connectivity index (χ0v) is 25.3. The van der Waals surface area contributed by atoms with Crippen molar-refractivity contribution in [1.29, 1.82) is 0 Å². The lowest BCUT2D eigenvalue weighted by molar-refractivity contribution is -0.140. The molecule has 0 spiro atoms. The second kappa shape index (κ2) is 12.2. The topological polar surface area (TPSA) is 82.7 Å². The van der Waals surface area contributed by atoms with Crippen molar-refractivity contribution in [2.75, 3.05) is 48.8 Å². The third kappa shape index (κ3) is 5.99. The number of anilines is 4. The van der Waals surface area contributed by atoms with Gasteiger partial charge in [0.1, 0.15) is 5.69 Å². The summed E-state index contributed by atoms with van der Waals surface area (Å²) in [5, 5.41) is 9.86. The van der Waals surface area contributed by atoms with Gasteiger partial charge in [-0.3, -0.25) is 13.9 Å². The largest absolute Gasteiger partial charge is 0.419 e. The molecule has 6 rings (SSSR count). The van der Waals surface area contributed by atoms with Crippen molar-refractivity contribution in [1.82, 2.24) is 24.1 Å². The molecule has 236 valence electrons. The van der Waals surface area contributed by atoms with Gasteiger partial charge in [0.05, 0.1) is 46.3 Å². The molecule has 1 fully saturated rings. The molecule has 0 unspecified atom stereocenters. The molecule has 13 heteroatoms. The SMILES string of the molecule is Cc1c(N2CCN(C)CC2)c(C#Cc2cnc3c(Nc4cnn(C)c4)cccn23)c(NC(=O)c2ccccc2)c(F)c1C(F)(F)F. The Balaban J connectivity index is 1.52. The number of imidazole rings is 1. The lowest BCUT2D eigenvalue weighted by atomic mass is 9.96. The van der Waals surface area contributed by atoms with Gasteiger partial charge in [0.15, 0.2) is 11.5 Å². The van der Waals surface area contributed by atoms with E-state index in [2.05, 4.69) is 37.5 Å². The molecule has 1 saturated heterocycles. The maximum Gasteiger partial charge on any atom is 0.419 e. The molecule has 0 radical (unpaired) electrons. The molecule has 0 atom stereocenters. The zero-order valence-electron chi connectivity index (χ0n) is 25.3. The first-order chi connectivity index (χ1) is 22.0. The summed E-state index contributed by atoms with van der Waals surface area (Å²) in [5.41, 5.74) is 0.268. The number of aromatic nitrogens is 4. The Bertz CT molecular complexity index is 1980. The second-order valence-corrected chi connectivity index (χ2v) is 11.1. The molecule has 2 N–H and O–H groups in total. The van der Waals surface area contributed by atoms with Crippen LogP contribution >= 0.6 is 0 Å². The molecule has 1 amide bonds. The number of aryl methyl sites for hydroxylation is 1. The molecule has 0 saturated carbocycles. The van der Waals surface area contributed by atoms with Gasteiger partial charge < -0.3 is 20.4 Å². The Morgan fingerprint density at radius 2 is 1.72 bits per heavy atom. The van der Waals surface area contributed by atoms with Gasteiger partial charge in [-0.15, -0.1) is 0 Å². The van der Waals surface area contributed by atoms with E-state index in [1.165, 1.54) is 25.3 Å². The lowest BCUT2D eigenvalue weighted by Crippen LogP contribution is -2.45. The van der Waals surface area contributed by atoms with Crippen molar-refractivity contribution < 1.29 is 22.4 Å². The Labute approximate surface area is 262 Å². The number of alkyl halides is 3. The summed E-state index contributed by atoms with van der Waals surface area (Å²) in [6.07, 6.45) is 1.73. The number of halogens is 4. The first-order valence-corrected chi connectivity index (χ1v) is 14.5. The number of hydrogen-bond acceptors (Lipinski definition) is 6. The Morgan fingerprint density at radius 3 is 2.39 bits per heavy atom. The van der Waals surface area contributed by atoms with Crippen LogP contribution in [0.1, 0.15) is 32.7 Å². The number of amides is 1. The minimum Gasteiger partial charge on any atom is -0.368 e. The van der Waals surface area contributed by atoms with Gasteiger partial charge in [-0.05, 0) is 49.7 Å².